The fourth-order valence-corrected chi connectivity index (χ4v) is 2.18. The lowest BCUT2D eigenvalue weighted by atomic mass is 10.2. The molecule has 1 fully saturated rings. The second-order valence-corrected chi connectivity index (χ2v) is 4.99. The number of anilines is 1. The Morgan fingerprint density at radius 3 is 2.90 bits per heavy atom. The lowest BCUT2D eigenvalue weighted by Crippen LogP contribution is -2.46. The lowest BCUT2D eigenvalue weighted by molar-refractivity contribution is -0.00139. The number of rotatable bonds is 2. The Morgan fingerprint density at radius 2 is 2.25 bits per heavy atom. The Labute approximate surface area is 121 Å². The summed E-state index contributed by atoms with van der Waals surface area (Å²) in [6.45, 7) is 3.28. The van der Waals surface area contributed by atoms with Gasteiger partial charge in [0.05, 0.1) is 24.0 Å². The number of carboxylic acids is 1. The zero-order chi connectivity index (χ0) is 14.7. The summed E-state index contributed by atoms with van der Waals surface area (Å²) >= 11 is 5.84. The standard InChI is InChI=1S/C13H15ClN2O4/c1-8-7-16(4-5-20-8)13(19)15-11-6-9(14)2-3-10(11)12(17)18/h2-3,6,8H,4-5,7H2,1H3,(H,15,19)(H,17,18). The van der Waals surface area contributed by atoms with Gasteiger partial charge in [-0.25, -0.2) is 9.59 Å². The van der Waals surface area contributed by atoms with E-state index in [1.54, 1.807) is 4.90 Å². The van der Waals surface area contributed by atoms with E-state index in [1.807, 2.05) is 6.92 Å². The third kappa shape index (κ3) is 3.40. The number of hydrogen-bond acceptors (Lipinski definition) is 3. The number of benzene rings is 1. The number of nitrogens with zero attached hydrogens (tertiary/aromatic N) is 1. The lowest BCUT2D eigenvalue weighted by Gasteiger charge is -2.31. The van der Waals surface area contributed by atoms with E-state index in [0.717, 1.165) is 0 Å². The quantitative estimate of drug-likeness (QED) is 0.878. The van der Waals surface area contributed by atoms with Crippen molar-refractivity contribution in [3.63, 3.8) is 0 Å². The van der Waals surface area contributed by atoms with Crippen LogP contribution in [0.15, 0.2) is 18.2 Å². The molecule has 7 heteroatoms. The second kappa shape index (κ2) is 6.11. The van der Waals surface area contributed by atoms with Gasteiger partial charge in [-0.3, -0.25) is 0 Å². The van der Waals surface area contributed by atoms with Crippen LogP contribution in [-0.4, -0.2) is 47.8 Å². The third-order valence-electron chi connectivity index (χ3n) is 2.98. The number of morpholine rings is 1. The number of nitrogens with one attached hydrogen (secondary N) is 1. The maximum Gasteiger partial charge on any atom is 0.337 e. The molecule has 2 N–H and O–H groups in total. The molecular formula is C13H15ClN2O4. The minimum Gasteiger partial charge on any atom is -0.478 e. The van der Waals surface area contributed by atoms with Crippen LogP contribution in [0.25, 0.3) is 0 Å². The van der Waals surface area contributed by atoms with Gasteiger partial charge in [-0.15, -0.1) is 0 Å². The van der Waals surface area contributed by atoms with Gasteiger partial charge in [0.2, 0.25) is 0 Å². The molecule has 1 aromatic rings. The highest BCUT2D eigenvalue weighted by Crippen LogP contribution is 2.22. The van der Waals surface area contributed by atoms with Crippen molar-refractivity contribution in [1.82, 2.24) is 4.90 Å². The molecule has 0 bridgehead atoms. The average molecular weight is 299 g/mol. The van der Waals surface area contributed by atoms with Crippen LogP contribution < -0.4 is 5.32 Å². The number of halogens is 1. The van der Waals surface area contributed by atoms with E-state index in [2.05, 4.69) is 5.32 Å². The zero-order valence-corrected chi connectivity index (χ0v) is 11.7. The number of aromatic carboxylic acids is 1. The maximum atomic E-state index is 12.1. The summed E-state index contributed by atoms with van der Waals surface area (Å²) in [7, 11) is 0. The monoisotopic (exact) mass is 298 g/mol. The van der Waals surface area contributed by atoms with Gasteiger partial charge in [-0.2, -0.15) is 0 Å². The Balaban J connectivity index is 2.14. The number of ether oxygens (including phenoxy) is 1. The predicted octanol–water partition coefficient (Wildman–Crippen LogP) is 2.29. The van der Waals surface area contributed by atoms with Crippen molar-refractivity contribution in [3.05, 3.63) is 28.8 Å². The smallest absolute Gasteiger partial charge is 0.337 e. The molecule has 1 aromatic carbocycles. The SMILES string of the molecule is CC1CN(C(=O)Nc2cc(Cl)ccc2C(=O)O)CCO1. The van der Waals surface area contributed by atoms with Gasteiger partial charge in [0.15, 0.2) is 0 Å². The van der Waals surface area contributed by atoms with Gasteiger partial charge in [0.1, 0.15) is 0 Å². The Kier molecular flexibility index (Phi) is 4.46. The van der Waals surface area contributed by atoms with Gasteiger partial charge in [-0.1, -0.05) is 11.6 Å². The zero-order valence-electron chi connectivity index (χ0n) is 10.9. The number of hydrogen-bond donors (Lipinski definition) is 2. The van der Waals surface area contributed by atoms with Gasteiger partial charge in [0, 0.05) is 18.1 Å². The van der Waals surface area contributed by atoms with E-state index in [-0.39, 0.29) is 23.4 Å². The highest BCUT2D eigenvalue weighted by Gasteiger charge is 2.22. The van der Waals surface area contributed by atoms with Crippen LogP contribution in [0.3, 0.4) is 0 Å². The van der Waals surface area contributed by atoms with E-state index in [0.29, 0.717) is 24.7 Å². The van der Waals surface area contributed by atoms with E-state index in [4.69, 9.17) is 21.4 Å². The number of carbonyl (C=O) groups is 2. The molecule has 0 saturated carbocycles. The van der Waals surface area contributed by atoms with Crippen LogP contribution in [0.2, 0.25) is 5.02 Å². The minimum atomic E-state index is -1.12. The molecule has 2 rings (SSSR count). The van der Waals surface area contributed by atoms with Crippen molar-refractivity contribution in [3.8, 4) is 0 Å². The maximum absolute atomic E-state index is 12.1. The van der Waals surface area contributed by atoms with Crippen LogP contribution in [0.1, 0.15) is 17.3 Å². The summed E-state index contributed by atoms with van der Waals surface area (Å²) in [5, 5.41) is 12.0. The van der Waals surface area contributed by atoms with Crippen molar-refractivity contribution in [2.75, 3.05) is 25.0 Å². The minimum absolute atomic E-state index is 0.00376. The van der Waals surface area contributed by atoms with E-state index >= 15 is 0 Å². The highest BCUT2D eigenvalue weighted by molar-refractivity contribution is 6.31. The predicted molar refractivity (Wildman–Crippen MR) is 74.4 cm³/mol. The summed E-state index contributed by atoms with van der Waals surface area (Å²) in [5.41, 5.74) is 0.193. The first kappa shape index (κ1) is 14.6. The largest absolute Gasteiger partial charge is 0.478 e. The molecular weight excluding hydrogens is 284 g/mol. The summed E-state index contributed by atoms with van der Waals surface area (Å²) in [6.07, 6.45) is -0.0344. The normalized spacial score (nSPS) is 18.7. The Morgan fingerprint density at radius 1 is 1.50 bits per heavy atom. The van der Waals surface area contributed by atoms with Crippen LogP contribution in [-0.2, 0) is 4.74 Å². The highest BCUT2D eigenvalue weighted by atomic mass is 35.5. The molecule has 108 valence electrons. The molecule has 6 nitrogen and oxygen atoms in total. The Bertz CT molecular complexity index is 535. The van der Waals surface area contributed by atoms with E-state index < -0.39 is 5.97 Å². The van der Waals surface area contributed by atoms with Crippen molar-refractivity contribution in [2.24, 2.45) is 0 Å². The first-order chi connectivity index (χ1) is 9.47. The molecule has 0 aromatic heterocycles. The molecule has 1 aliphatic rings. The van der Waals surface area contributed by atoms with E-state index in [1.165, 1.54) is 18.2 Å². The second-order valence-electron chi connectivity index (χ2n) is 4.55. The summed E-state index contributed by atoms with van der Waals surface area (Å²) in [4.78, 5) is 24.8. The van der Waals surface area contributed by atoms with Crippen LogP contribution in [0, 0.1) is 0 Å². The van der Waals surface area contributed by atoms with Crippen LogP contribution >= 0.6 is 11.6 Å². The molecule has 1 unspecified atom stereocenters. The molecule has 0 radical (unpaired) electrons. The summed E-state index contributed by atoms with van der Waals surface area (Å²) in [5.74, 6) is -1.12. The van der Waals surface area contributed by atoms with Crippen molar-refractivity contribution in [1.29, 1.82) is 0 Å². The van der Waals surface area contributed by atoms with Crippen LogP contribution in [0.4, 0.5) is 10.5 Å². The number of amides is 2. The molecule has 0 aliphatic carbocycles. The molecule has 0 spiro atoms. The Hall–Kier alpha value is -1.79. The number of carbonyl (C=O) groups excluding carboxylic acids is 1. The van der Waals surface area contributed by atoms with Gasteiger partial charge in [0.25, 0.3) is 0 Å². The van der Waals surface area contributed by atoms with Gasteiger partial charge < -0.3 is 20.1 Å². The molecule has 1 aliphatic heterocycles. The molecule has 1 saturated heterocycles. The number of carboxylic acid groups (broad SMARTS) is 1. The average Bonchev–Trinajstić information content (AvgIpc) is 2.38. The molecule has 2 amide bonds. The molecule has 1 heterocycles. The molecule has 20 heavy (non-hydrogen) atoms. The van der Waals surface area contributed by atoms with Gasteiger partial charge in [-0.05, 0) is 25.1 Å². The van der Waals surface area contributed by atoms with Gasteiger partial charge >= 0.3 is 12.0 Å². The van der Waals surface area contributed by atoms with Crippen molar-refractivity contribution >= 4 is 29.3 Å². The van der Waals surface area contributed by atoms with Crippen molar-refractivity contribution in [2.45, 2.75) is 13.0 Å². The molecule has 1 atom stereocenters. The first-order valence-corrected chi connectivity index (χ1v) is 6.55. The number of urea groups is 1. The topological polar surface area (TPSA) is 78.9 Å². The summed E-state index contributed by atoms with van der Waals surface area (Å²) < 4.78 is 5.35. The van der Waals surface area contributed by atoms with Crippen LogP contribution in [0.5, 0.6) is 0 Å². The first-order valence-electron chi connectivity index (χ1n) is 6.17. The van der Waals surface area contributed by atoms with Crippen molar-refractivity contribution < 1.29 is 19.4 Å². The summed E-state index contributed by atoms with van der Waals surface area (Å²) in [6, 6.07) is 3.90. The fourth-order valence-electron chi connectivity index (χ4n) is 2.00. The third-order valence-corrected chi connectivity index (χ3v) is 3.22. The fraction of sp³-hybridized carbons (Fsp3) is 0.385. The van der Waals surface area contributed by atoms with E-state index in [9.17, 15) is 9.59 Å².